The number of esters is 1. The van der Waals surface area contributed by atoms with Crippen LogP contribution in [-0.4, -0.2) is 23.1 Å². The van der Waals surface area contributed by atoms with E-state index >= 15 is 0 Å². The van der Waals surface area contributed by atoms with Gasteiger partial charge in [0.05, 0.1) is 12.2 Å². The monoisotopic (exact) mass is 433 g/mol. The minimum Gasteiger partial charge on any atom is -0.462 e. The van der Waals surface area contributed by atoms with Crippen molar-refractivity contribution in [3.8, 4) is 6.07 Å². The molecule has 0 aliphatic rings. The molecule has 6 nitrogen and oxygen atoms in total. The van der Waals surface area contributed by atoms with Crippen molar-refractivity contribution in [2.24, 2.45) is 0 Å². The number of carbonyl (C=O) groups is 2. The summed E-state index contributed by atoms with van der Waals surface area (Å²) in [6, 6.07) is 9.75. The molecule has 0 spiro atoms. The molecule has 158 valence electrons. The lowest BCUT2D eigenvalue weighted by atomic mass is 10.1. The number of carbonyl (C=O) groups excluding carboxylic acids is 2. The molecule has 1 amide bonds. The van der Waals surface area contributed by atoms with Crippen molar-refractivity contribution in [2.45, 2.75) is 27.3 Å². The smallest absolute Gasteiger partial charge is 0.341 e. The Labute approximate surface area is 185 Å². The number of amides is 1. The number of rotatable bonds is 7. The van der Waals surface area contributed by atoms with E-state index < -0.39 is 11.9 Å². The van der Waals surface area contributed by atoms with Crippen LogP contribution in [0.5, 0.6) is 0 Å². The summed E-state index contributed by atoms with van der Waals surface area (Å²) in [5.41, 5.74) is 2.78. The molecule has 0 aliphatic carbocycles. The highest BCUT2D eigenvalue weighted by molar-refractivity contribution is 7.16. The number of nitrogens with one attached hydrogen (secondary N) is 1. The lowest BCUT2D eigenvalue weighted by Gasteiger charge is -2.06. The van der Waals surface area contributed by atoms with Crippen LogP contribution in [0.1, 0.15) is 33.3 Å². The number of hydrogen-bond acceptors (Lipinski definition) is 5. The average molecular weight is 434 g/mol. The lowest BCUT2D eigenvalue weighted by Crippen LogP contribution is -2.16. The first kappa shape index (κ1) is 22.1. The Bertz CT molecular complexity index is 1240. The summed E-state index contributed by atoms with van der Waals surface area (Å²) < 4.78 is 7.13. The number of benzene rings is 1. The van der Waals surface area contributed by atoms with Crippen LogP contribution in [0.3, 0.4) is 0 Å². The quantitative estimate of drug-likeness (QED) is 0.239. The number of allylic oxidation sites excluding steroid dienone is 1. The fourth-order valence-electron chi connectivity index (χ4n) is 3.32. The van der Waals surface area contributed by atoms with E-state index in [0.717, 1.165) is 26.9 Å². The molecule has 2 aromatic heterocycles. The summed E-state index contributed by atoms with van der Waals surface area (Å²) in [6.45, 7) is 10.0. The van der Waals surface area contributed by atoms with Gasteiger partial charge in [-0.1, -0.05) is 24.3 Å². The normalized spacial score (nSPS) is 11.2. The van der Waals surface area contributed by atoms with Gasteiger partial charge >= 0.3 is 5.97 Å². The number of thiophene rings is 1. The van der Waals surface area contributed by atoms with E-state index in [1.807, 2.05) is 54.9 Å². The second-order valence-electron chi connectivity index (χ2n) is 6.87. The summed E-state index contributed by atoms with van der Waals surface area (Å²) >= 11 is 1.29. The standard InChI is InChI=1S/C24H23N3O3S/c1-5-11-27-14-18(19-9-7-8-10-20(19)27)12-17(13-25)22(28)26-23-21(24(29)30-6-2)15(3)16(4)31-23/h5,7-10,12,14H,1,6,11H2,2-4H3,(H,26,28)/b17-12+. The first-order chi connectivity index (χ1) is 14.9. The van der Waals surface area contributed by atoms with Crippen LogP contribution in [0.2, 0.25) is 0 Å². The Morgan fingerprint density at radius 1 is 1.32 bits per heavy atom. The second-order valence-corrected chi connectivity index (χ2v) is 8.10. The Kier molecular flexibility index (Phi) is 6.73. The molecule has 3 aromatic rings. The topological polar surface area (TPSA) is 84.1 Å². The number of aromatic nitrogens is 1. The number of aryl methyl sites for hydroxylation is 1. The molecule has 31 heavy (non-hydrogen) atoms. The van der Waals surface area contributed by atoms with E-state index in [4.69, 9.17) is 4.74 Å². The van der Waals surface area contributed by atoms with Crippen LogP contribution in [0, 0.1) is 25.2 Å². The number of nitriles is 1. The van der Waals surface area contributed by atoms with E-state index in [0.29, 0.717) is 17.1 Å². The maximum absolute atomic E-state index is 12.9. The molecule has 0 bridgehead atoms. The zero-order valence-electron chi connectivity index (χ0n) is 17.7. The molecule has 0 atom stereocenters. The zero-order valence-corrected chi connectivity index (χ0v) is 18.5. The molecule has 0 saturated heterocycles. The largest absolute Gasteiger partial charge is 0.462 e. The van der Waals surface area contributed by atoms with Gasteiger partial charge in [-0.15, -0.1) is 17.9 Å². The Balaban J connectivity index is 1.98. The molecular formula is C24H23N3O3S. The lowest BCUT2D eigenvalue weighted by molar-refractivity contribution is -0.112. The van der Waals surface area contributed by atoms with Crippen molar-refractivity contribution in [2.75, 3.05) is 11.9 Å². The van der Waals surface area contributed by atoms with Gasteiger partial charge in [0.1, 0.15) is 16.6 Å². The minimum absolute atomic E-state index is 0.0555. The van der Waals surface area contributed by atoms with Crippen LogP contribution >= 0.6 is 11.3 Å². The first-order valence-corrected chi connectivity index (χ1v) is 10.6. The third-order valence-corrected chi connectivity index (χ3v) is 6.02. The van der Waals surface area contributed by atoms with Crippen LogP contribution in [-0.2, 0) is 16.1 Å². The van der Waals surface area contributed by atoms with Crippen LogP contribution in [0.25, 0.3) is 17.0 Å². The Morgan fingerprint density at radius 3 is 2.74 bits per heavy atom. The summed E-state index contributed by atoms with van der Waals surface area (Å²) in [5.74, 6) is -1.07. The fraction of sp³-hybridized carbons (Fsp3) is 0.208. The van der Waals surface area contributed by atoms with Gasteiger partial charge in [-0.25, -0.2) is 4.79 Å². The highest BCUT2D eigenvalue weighted by Gasteiger charge is 2.23. The Morgan fingerprint density at radius 2 is 2.06 bits per heavy atom. The average Bonchev–Trinajstić information content (AvgIpc) is 3.23. The van der Waals surface area contributed by atoms with Gasteiger partial charge in [0, 0.05) is 34.1 Å². The molecular weight excluding hydrogens is 410 g/mol. The number of para-hydroxylation sites is 1. The molecule has 0 saturated carbocycles. The van der Waals surface area contributed by atoms with Crippen molar-refractivity contribution in [3.05, 3.63) is 70.3 Å². The van der Waals surface area contributed by atoms with Crippen molar-refractivity contribution in [3.63, 3.8) is 0 Å². The maximum atomic E-state index is 12.9. The fourth-order valence-corrected chi connectivity index (χ4v) is 4.36. The van der Waals surface area contributed by atoms with Gasteiger partial charge in [0.2, 0.25) is 0 Å². The predicted octanol–water partition coefficient (Wildman–Crippen LogP) is 5.23. The zero-order chi connectivity index (χ0) is 22.5. The van der Waals surface area contributed by atoms with Gasteiger partial charge in [-0.3, -0.25) is 4.79 Å². The van der Waals surface area contributed by atoms with E-state index in [2.05, 4.69) is 11.9 Å². The molecule has 0 fully saturated rings. The van der Waals surface area contributed by atoms with E-state index in [1.54, 1.807) is 19.1 Å². The first-order valence-electron chi connectivity index (χ1n) is 9.80. The second kappa shape index (κ2) is 9.45. The molecule has 0 radical (unpaired) electrons. The molecule has 3 rings (SSSR count). The van der Waals surface area contributed by atoms with E-state index in [-0.39, 0.29) is 12.2 Å². The van der Waals surface area contributed by atoms with Crippen LogP contribution in [0.15, 0.2) is 48.7 Å². The van der Waals surface area contributed by atoms with Crippen molar-refractivity contribution in [1.82, 2.24) is 4.57 Å². The van der Waals surface area contributed by atoms with Gasteiger partial charge in [0.25, 0.3) is 5.91 Å². The van der Waals surface area contributed by atoms with Gasteiger partial charge in [-0.2, -0.15) is 5.26 Å². The van der Waals surface area contributed by atoms with E-state index in [1.165, 1.54) is 11.3 Å². The number of fused-ring (bicyclic) bond motifs is 1. The minimum atomic E-state index is -0.574. The molecule has 0 unspecified atom stereocenters. The molecule has 2 heterocycles. The molecule has 1 aromatic carbocycles. The summed E-state index contributed by atoms with van der Waals surface area (Å²) in [7, 11) is 0. The SMILES string of the molecule is C=CCn1cc(/C=C(\C#N)C(=O)Nc2sc(C)c(C)c2C(=O)OCC)c2ccccc21. The van der Waals surface area contributed by atoms with Gasteiger partial charge in [-0.05, 0) is 38.5 Å². The van der Waals surface area contributed by atoms with E-state index in [9.17, 15) is 14.9 Å². The third-order valence-electron chi connectivity index (χ3n) is 4.90. The molecule has 7 heteroatoms. The summed E-state index contributed by atoms with van der Waals surface area (Å²) in [4.78, 5) is 26.2. The summed E-state index contributed by atoms with van der Waals surface area (Å²) in [5, 5.41) is 13.7. The van der Waals surface area contributed by atoms with Crippen molar-refractivity contribution < 1.29 is 14.3 Å². The van der Waals surface area contributed by atoms with Crippen LogP contribution < -0.4 is 5.32 Å². The van der Waals surface area contributed by atoms with Crippen LogP contribution in [0.4, 0.5) is 5.00 Å². The van der Waals surface area contributed by atoms with Crippen molar-refractivity contribution >= 4 is 45.2 Å². The highest BCUT2D eigenvalue weighted by atomic mass is 32.1. The van der Waals surface area contributed by atoms with Gasteiger partial charge in [0.15, 0.2) is 0 Å². The number of nitrogens with zero attached hydrogens (tertiary/aromatic N) is 2. The third kappa shape index (κ3) is 4.44. The molecule has 0 aliphatic heterocycles. The number of hydrogen-bond donors (Lipinski definition) is 1. The summed E-state index contributed by atoms with van der Waals surface area (Å²) in [6.07, 6.45) is 5.24. The predicted molar refractivity (Wildman–Crippen MR) is 124 cm³/mol. The van der Waals surface area contributed by atoms with Crippen molar-refractivity contribution in [1.29, 1.82) is 5.26 Å². The Hall–Kier alpha value is -3.63. The maximum Gasteiger partial charge on any atom is 0.341 e. The number of ether oxygens (including phenoxy) is 1. The van der Waals surface area contributed by atoms with Gasteiger partial charge < -0.3 is 14.6 Å². The molecule has 1 N–H and O–H groups in total. The highest BCUT2D eigenvalue weighted by Crippen LogP contribution is 2.33. The number of anilines is 1.